The zero-order valence-electron chi connectivity index (χ0n) is 9.56. The summed E-state index contributed by atoms with van der Waals surface area (Å²) in [7, 11) is 0. The first-order chi connectivity index (χ1) is 7.47. The summed E-state index contributed by atoms with van der Waals surface area (Å²) in [6.45, 7) is 4.82. The van der Waals surface area contributed by atoms with Gasteiger partial charge in [-0.25, -0.2) is 4.39 Å². The van der Waals surface area contributed by atoms with Crippen LogP contribution in [0.25, 0.3) is 0 Å². The molecule has 2 nitrogen and oxygen atoms in total. The van der Waals surface area contributed by atoms with Crippen molar-refractivity contribution in [2.24, 2.45) is 0 Å². The number of nitrogens with one attached hydrogen (secondary N) is 1. The second kappa shape index (κ2) is 5.62. The molecule has 0 saturated heterocycles. The molecule has 0 saturated carbocycles. The van der Waals surface area contributed by atoms with Gasteiger partial charge in [-0.05, 0) is 38.1 Å². The maximum Gasteiger partial charge on any atom is 0.123 e. The lowest BCUT2D eigenvalue weighted by molar-refractivity contribution is 0.0570. The molecule has 0 bridgehead atoms. The quantitative estimate of drug-likeness (QED) is 0.782. The van der Waals surface area contributed by atoms with Crippen LogP contribution in [0.1, 0.15) is 25.8 Å². The average Bonchev–Trinajstić information content (AvgIpc) is 2.22. The van der Waals surface area contributed by atoms with Gasteiger partial charge in [-0.2, -0.15) is 0 Å². The Balaban J connectivity index is 2.83. The fourth-order valence-electron chi connectivity index (χ4n) is 1.51. The van der Waals surface area contributed by atoms with Crippen LogP contribution in [0.2, 0.25) is 5.02 Å². The average molecular weight is 246 g/mol. The monoisotopic (exact) mass is 245 g/mol. The van der Waals surface area contributed by atoms with Gasteiger partial charge in [0.1, 0.15) is 11.4 Å². The number of halogens is 2. The van der Waals surface area contributed by atoms with E-state index in [9.17, 15) is 9.50 Å². The minimum Gasteiger partial charge on any atom is -0.384 e. The fourth-order valence-corrected chi connectivity index (χ4v) is 1.84. The highest BCUT2D eigenvalue weighted by Crippen LogP contribution is 2.28. The van der Waals surface area contributed by atoms with E-state index in [4.69, 9.17) is 11.6 Å². The highest BCUT2D eigenvalue weighted by Gasteiger charge is 2.25. The summed E-state index contributed by atoms with van der Waals surface area (Å²) in [6, 6.07) is 4.01. The Hall–Kier alpha value is -0.640. The van der Waals surface area contributed by atoms with Gasteiger partial charge in [0.15, 0.2) is 0 Å². The lowest BCUT2D eigenvalue weighted by Crippen LogP contribution is -2.36. The molecule has 0 heterocycles. The van der Waals surface area contributed by atoms with Crippen LogP contribution in [0.4, 0.5) is 4.39 Å². The number of aliphatic hydroxyl groups is 1. The Morgan fingerprint density at radius 2 is 2.19 bits per heavy atom. The molecule has 0 amide bonds. The van der Waals surface area contributed by atoms with Crippen molar-refractivity contribution < 1.29 is 9.50 Å². The largest absolute Gasteiger partial charge is 0.384 e. The third-order valence-corrected chi connectivity index (χ3v) is 2.73. The van der Waals surface area contributed by atoms with Gasteiger partial charge in [0.2, 0.25) is 0 Å². The van der Waals surface area contributed by atoms with Gasteiger partial charge in [-0.3, -0.25) is 0 Å². The van der Waals surface area contributed by atoms with Crippen molar-refractivity contribution >= 4 is 11.6 Å². The molecule has 16 heavy (non-hydrogen) atoms. The molecular weight excluding hydrogens is 229 g/mol. The molecular formula is C12H17ClFNO. The number of rotatable bonds is 5. The molecule has 90 valence electrons. The Morgan fingerprint density at radius 1 is 1.50 bits per heavy atom. The van der Waals surface area contributed by atoms with Crippen LogP contribution < -0.4 is 5.32 Å². The molecule has 0 aliphatic carbocycles. The summed E-state index contributed by atoms with van der Waals surface area (Å²) in [6.07, 6.45) is 0.979. The van der Waals surface area contributed by atoms with E-state index in [2.05, 4.69) is 5.32 Å². The highest BCUT2D eigenvalue weighted by atomic mass is 35.5. The third kappa shape index (κ3) is 3.44. The lowest BCUT2D eigenvalue weighted by atomic mass is 9.95. The van der Waals surface area contributed by atoms with Crippen LogP contribution in [0.3, 0.4) is 0 Å². The molecule has 1 aromatic rings. The van der Waals surface area contributed by atoms with Gasteiger partial charge in [0.25, 0.3) is 0 Å². The predicted octanol–water partition coefficient (Wildman–Crippen LogP) is 2.69. The van der Waals surface area contributed by atoms with E-state index >= 15 is 0 Å². The Morgan fingerprint density at radius 3 is 2.81 bits per heavy atom. The van der Waals surface area contributed by atoms with E-state index in [-0.39, 0.29) is 0 Å². The Kier molecular flexibility index (Phi) is 4.71. The van der Waals surface area contributed by atoms with Crippen molar-refractivity contribution in [3.63, 3.8) is 0 Å². The SMILES string of the molecule is CCCNCC(C)(O)c1cc(F)ccc1Cl. The van der Waals surface area contributed by atoms with Gasteiger partial charge in [-0.15, -0.1) is 0 Å². The summed E-state index contributed by atoms with van der Waals surface area (Å²) in [4.78, 5) is 0. The van der Waals surface area contributed by atoms with Crippen molar-refractivity contribution in [2.75, 3.05) is 13.1 Å². The molecule has 0 aliphatic heterocycles. The van der Waals surface area contributed by atoms with Crippen molar-refractivity contribution in [3.8, 4) is 0 Å². The molecule has 2 N–H and O–H groups in total. The maximum absolute atomic E-state index is 13.1. The van der Waals surface area contributed by atoms with E-state index in [0.717, 1.165) is 13.0 Å². The molecule has 0 aliphatic rings. The fraction of sp³-hybridized carbons (Fsp3) is 0.500. The van der Waals surface area contributed by atoms with Gasteiger partial charge in [0.05, 0.1) is 0 Å². The van der Waals surface area contributed by atoms with E-state index in [1.54, 1.807) is 6.92 Å². The van der Waals surface area contributed by atoms with Crippen molar-refractivity contribution in [1.82, 2.24) is 5.32 Å². The molecule has 1 rings (SSSR count). The summed E-state index contributed by atoms with van der Waals surface area (Å²) in [5, 5.41) is 13.7. The minimum absolute atomic E-state index is 0.351. The van der Waals surface area contributed by atoms with Gasteiger partial charge in [0, 0.05) is 17.1 Å². The summed E-state index contributed by atoms with van der Waals surface area (Å²) < 4.78 is 13.1. The Labute approximate surface area is 100 Å². The van der Waals surface area contributed by atoms with Gasteiger partial charge >= 0.3 is 0 Å². The minimum atomic E-state index is -1.16. The van der Waals surface area contributed by atoms with Crippen LogP contribution in [0, 0.1) is 5.82 Å². The zero-order chi connectivity index (χ0) is 12.2. The highest BCUT2D eigenvalue weighted by molar-refractivity contribution is 6.31. The lowest BCUT2D eigenvalue weighted by Gasteiger charge is -2.25. The smallest absolute Gasteiger partial charge is 0.123 e. The summed E-state index contributed by atoms with van der Waals surface area (Å²) >= 11 is 5.94. The topological polar surface area (TPSA) is 32.3 Å². The second-order valence-electron chi connectivity index (χ2n) is 4.07. The molecule has 1 unspecified atom stereocenters. The first-order valence-corrected chi connectivity index (χ1v) is 5.74. The zero-order valence-corrected chi connectivity index (χ0v) is 10.3. The maximum atomic E-state index is 13.1. The molecule has 0 spiro atoms. The molecule has 0 fully saturated rings. The standard InChI is InChI=1S/C12H17ClFNO/c1-3-6-15-8-12(2,16)10-7-9(14)4-5-11(10)13/h4-5,7,15-16H,3,6,8H2,1-2H3. The van der Waals surface area contributed by atoms with Gasteiger partial charge < -0.3 is 10.4 Å². The number of benzene rings is 1. The first-order valence-electron chi connectivity index (χ1n) is 5.36. The van der Waals surface area contributed by atoms with E-state index in [0.29, 0.717) is 17.1 Å². The van der Waals surface area contributed by atoms with Gasteiger partial charge in [-0.1, -0.05) is 18.5 Å². The second-order valence-corrected chi connectivity index (χ2v) is 4.48. The molecule has 0 radical (unpaired) electrons. The molecule has 4 heteroatoms. The summed E-state index contributed by atoms with van der Waals surface area (Å²) in [5.74, 6) is -0.393. The third-order valence-electron chi connectivity index (χ3n) is 2.40. The van der Waals surface area contributed by atoms with Crippen LogP contribution >= 0.6 is 11.6 Å². The normalized spacial score (nSPS) is 14.8. The number of hydrogen-bond donors (Lipinski definition) is 2. The van der Waals surface area contributed by atoms with Crippen LogP contribution in [-0.4, -0.2) is 18.2 Å². The van der Waals surface area contributed by atoms with Crippen LogP contribution in [0.5, 0.6) is 0 Å². The van der Waals surface area contributed by atoms with Crippen molar-refractivity contribution in [2.45, 2.75) is 25.9 Å². The summed E-state index contributed by atoms with van der Waals surface area (Å²) in [5.41, 5.74) is -0.744. The Bertz CT molecular complexity index is 355. The van der Waals surface area contributed by atoms with E-state index < -0.39 is 11.4 Å². The van der Waals surface area contributed by atoms with Crippen molar-refractivity contribution in [1.29, 1.82) is 0 Å². The van der Waals surface area contributed by atoms with E-state index in [1.165, 1.54) is 18.2 Å². The predicted molar refractivity (Wildman–Crippen MR) is 64.1 cm³/mol. The van der Waals surface area contributed by atoms with Crippen molar-refractivity contribution in [3.05, 3.63) is 34.6 Å². The van der Waals surface area contributed by atoms with Crippen LogP contribution in [0.15, 0.2) is 18.2 Å². The molecule has 1 aromatic carbocycles. The van der Waals surface area contributed by atoms with Crippen LogP contribution in [-0.2, 0) is 5.60 Å². The molecule has 1 atom stereocenters. The first kappa shape index (κ1) is 13.4. The molecule has 0 aromatic heterocycles. The van der Waals surface area contributed by atoms with E-state index in [1.807, 2.05) is 6.92 Å². The number of hydrogen-bond acceptors (Lipinski definition) is 2.